The molecule has 0 aliphatic rings. The molecule has 1 heterocycles. The lowest BCUT2D eigenvalue weighted by molar-refractivity contribution is 0.397. The second-order valence-corrected chi connectivity index (χ2v) is 3.83. The van der Waals surface area contributed by atoms with Crippen molar-refractivity contribution in [2.45, 2.75) is 13.1 Å². The van der Waals surface area contributed by atoms with Crippen LogP contribution in [0.5, 0.6) is 11.5 Å². The van der Waals surface area contributed by atoms with Crippen LogP contribution in [0.15, 0.2) is 30.5 Å². The third kappa shape index (κ3) is 2.57. The minimum atomic E-state index is -0.0927. The van der Waals surface area contributed by atoms with Gasteiger partial charge in [0, 0.05) is 31.9 Å². The molecule has 17 heavy (non-hydrogen) atoms. The summed E-state index contributed by atoms with van der Waals surface area (Å²) >= 11 is 0. The van der Waals surface area contributed by atoms with Gasteiger partial charge in [-0.15, -0.1) is 0 Å². The van der Waals surface area contributed by atoms with Gasteiger partial charge in [0.15, 0.2) is 11.5 Å². The van der Waals surface area contributed by atoms with E-state index < -0.39 is 0 Å². The first-order valence-electron chi connectivity index (χ1n) is 5.36. The van der Waals surface area contributed by atoms with E-state index in [2.05, 4.69) is 10.4 Å². The highest BCUT2D eigenvalue weighted by molar-refractivity contribution is 5.44. The van der Waals surface area contributed by atoms with E-state index in [0.717, 1.165) is 5.69 Å². The Kier molecular flexibility index (Phi) is 3.30. The van der Waals surface area contributed by atoms with Gasteiger partial charge in [0.1, 0.15) is 0 Å². The van der Waals surface area contributed by atoms with Crippen LogP contribution in [0.25, 0.3) is 0 Å². The van der Waals surface area contributed by atoms with Gasteiger partial charge in [0.05, 0.1) is 5.69 Å². The predicted octanol–water partition coefficient (Wildman–Crippen LogP) is 1.12. The zero-order valence-electron chi connectivity index (χ0n) is 9.59. The van der Waals surface area contributed by atoms with Gasteiger partial charge < -0.3 is 15.5 Å². The molecule has 0 unspecified atom stereocenters. The molecule has 2 aromatic rings. The Morgan fingerprint density at radius 1 is 1.24 bits per heavy atom. The van der Waals surface area contributed by atoms with Crippen LogP contribution in [-0.4, -0.2) is 20.0 Å². The van der Waals surface area contributed by atoms with Crippen LogP contribution >= 0.6 is 0 Å². The summed E-state index contributed by atoms with van der Waals surface area (Å²) in [5, 5.41) is 26.2. The molecule has 5 nitrogen and oxygen atoms in total. The van der Waals surface area contributed by atoms with Crippen molar-refractivity contribution < 1.29 is 10.2 Å². The molecule has 0 aliphatic carbocycles. The molecule has 1 aromatic heterocycles. The predicted molar refractivity (Wildman–Crippen MR) is 63.5 cm³/mol. The highest BCUT2D eigenvalue weighted by Gasteiger charge is 2.05. The van der Waals surface area contributed by atoms with Crippen molar-refractivity contribution in [2.75, 3.05) is 0 Å². The smallest absolute Gasteiger partial charge is 0.161 e. The standard InChI is InChI=1S/C12H15N3O2/c1-15-10(5-6-14-15)8-13-7-9-3-2-4-11(16)12(9)17/h2-6,13,16-17H,7-8H2,1H3. The third-order valence-corrected chi connectivity index (χ3v) is 2.64. The molecule has 90 valence electrons. The van der Waals surface area contributed by atoms with E-state index in [1.165, 1.54) is 6.07 Å². The quantitative estimate of drug-likeness (QED) is 0.692. The minimum absolute atomic E-state index is 0.0648. The number of para-hydroxylation sites is 1. The van der Waals surface area contributed by atoms with E-state index in [1.807, 2.05) is 13.1 Å². The van der Waals surface area contributed by atoms with E-state index >= 15 is 0 Å². The van der Waals surface area contributed by atoms with E-state index in [0.29, 0.717) is 18.7 Å². The number of hydrogen-bond acceptors (Lipinski definition) is 4. The first kappa shape index (κ1) is 11.5. The lowest BCUT2D eigenvalue weighted by Gasteiger charge is -2.08. The zero-order chi connectivity index (χ0) is 12.3. The van der Waals surface area contributed by atoms with Crippen LogP contribution in [-0.2, 0) is 20.1 Å². The minimum Gasteiger partial charge on any atom is -0.504 e. The molecule has 1 aromatic carbocycles. The van der Waals surface area contributed by atoms with Crippen molar-refractivity contribution in [3.05, 3.63) is 41.7 Å². The summed E-state index contributed by atoms with van der Waals surface area (Å²) in [6.45, 7) is 1.15. The van der Waals surface area contributed by atoms with Crippen LogP contribution in [0.1, 0.15) is 11.3 Å². The highest BCUT2D eigenvalue weighted by Crippen LogP contribution is 2.27. The lowest BCUT2D eigenvalue weighted by Crippen LogP contribution is -2.15. The number of benzene rings is 1. The van der Waals surface area contributed by atoms with Gasteiger partial charge >= 0.3 is 0 Å². The van der Waals surface area contributed by atoms with Crippen LogP contribution < -0.4 is 5.32 Å². The number of aromatic hydroxyl groups is 2. The van der Waals surface area contributed by atoms with Crippen molar-refractivity contribution in [3.63, 3.8) is 0 Å². The number of rotatable bonds is 4. The molecule has 0 amide bonds. The zero-order valence-corrected chi connectivity index (χ0v) is 9.59. The summed E-state index contributed by atoms with van der Waals surface area (Å²) in [5.41, 5.74) is 1.73. The number of nitrogens with zero attached hydrogens (tertiary/aromatic N) is 2. The first-order chi connectivity index (χ1) is 8.18. The Hall–Kier alpha value is -2.01. The highest BCUT2D eigenvalue weighted by atomic mass is 16.3. The molecule has 0 aliphatic heterocycles. The average molecular weight is 233 g/mol. The lowest BCUT2D eigenvalue weighted by atomic mass is 10.2. The molecular weight excluding hydrogens is 218 g/mol. The van der Waals surface area contributed by atoms with Gasteiger partial charge in [-0.25, -0.2) is 0 Å². The van der Waals surface area contributed by atoms with Crippen molar-refractivity contribution in [1.82, 2.24) is 15.1 Å². The van der Waals surface area contributed by atoms with E-state index in [1.54, 1.807) is 23.0 Å². The molecular formula is C12H15N3O2. The second-order valence-electron chi connectivity index (χ2n) is 3.83. The molecule has 0 saturated carbocycles. The average Bonchev–Trinajstić information content (AvgIpc) is 2.71. The Balaban J connectivity index is 1.95. The number of phenolic OH excluding ortho intramolecular Hbond substituents is 2. The van der Waals surface area contributed by atoms with Crippen LogP contribution in [0.3, 0.4) is 0 Å². The monoisotopic (exact) mass is 233 g/mol. The summed E-state index contributed by atoms with van der Waals surface area (Å²) < 4.78 is 1.79. The number of aryl methyl sites for hydroxylation is 1. The molecule has 0 radical (unpaired) electrons. The molecule has 0 saturated heterocycles. The largest absolute Gasteiger partial charge is 0.504 e. The van der Waals surface area contributed by atoms with E-state index in [4.69, 9.17) is 0 Å². The molecule has 0 spiro atoms. The Morgan fingerprint density at radius 2 is 2.06 bits per heavy atom. The Bertz CT molecular complexity index is 508. The molecule has 2 rings (SSSR count). The van der Waals surface area contributed by atoms with Gasteiger partial charge in [-0.05, 0) is 12.1 Å². The fraction of sp³-hybridized carbons (Fsp3) is 0.250. The van der Waals surface area contributed by atoms with Crippen LogP contribution in [0.2, 0.25) is 0 Å². The molecule has 3 N–H and O–H groups in total. The normalized spacial score (nSPS) is 10.6. The van der Waals surface area contributed by atoms with Crippen molar-refractivity contribution in [2.24, 2.45) is 7.05 Å². The molecule has 0 atom stereocenters. The number of hydrogen-bond donors (Lipinski definition) is 3. The van der Waals surface area contributed by atoms with E-state index in [9.17, 15) is 10.2 Å². The van der Waals surface area contributed by atoms with E-state index in [-0.39, 0.29) is 11.5 Å². The number of aromatic nitrogens is 2. The maximum absolute atomic E-state index is 9.60. The summed E-state index contributed by atoms with van der Waals surface area (Å²) in [5.74, 6) is -0.158. The maximum atomic E-state index is 9.60. The Labute approximate surface area is 99.3 Å². The van der Waals surface area contributed by atoms with Crippen LogP contribution in [0, 0.1) is 0 Å². The van der Waals surface area contributed by atoms with Crippen molar-refractivity contribution in [3.8, 4) is 11.5 Å². The van der Waals surface area contributed by atoms with Crippen molar-refractivity contribution in [1.29, 1.82) is 0 Å². The molecule has 5 heteroatoms. The third-order valence-electron chi connectivity index (χ3n) is 2.64. The summed E-state index contributed by atoms with van der Waals surface area (Å²) in [4.78, 5) is 0. The second kappa shape index (κ2) is 4.88. The van der Waals surface area contributed by atoms with Gasteiger partial charge in [-0.3, -0.25) is 4.68 Å². The maximum Gasteiger partial charge on any atom is 0.161 e. The van der Waals surface area contributed by atoms with Crippen LogP contribution in [0.4, 0.5) is 0 Å². The molecule has 0 fully saturated rings. The SMILES string of the molecule is Cn1nccc1CNCc1cccc(O)c1O. The molecule has 0 bridgehead atoms. The van der Waals surface area contributed by atoms with Gasteiger partial charge in [0.25, 0.3) is 0 Å². The first-order valence-corrected chi connectivity index (χ1v) is 5.36. The number of nitrogens with one attached hydrogen (secondary N) is 1. The van der Waals surface area contributed by atoms with Gasteiger partial charge in [-0.2, -0.15) is 5.10 Å². The van der Waals surface area contributed by atoms with Gasteiger partial charge in [-0.1, -0.05) is 12.1 Å². The summed E-state index contributed by atoms with van der Waals surface area (Å²) in [6.07, 6.45) is 1.74. The fourth-order valence-electron chi connectivity index (χ4n) is 1.62. The van der Waals surface area contributed by atoms with Crippen molar-refractivity contribution >= 4 is 0 Å². The van der Waals surface area contributed by atoms with Gasteiger partial charge in [0.2, 0.25) is 0 Å². The summed E-state index contributed by atoms with van der Waals surface area (Å²) in [7, 11) is 1.88. The fourth-order valence-corrected chi connectivity index (χ4v) is 1.62. The number of phenols is 2. The topological polar surface area (TPSA) is 70.3 Å². The summed E-state index contributed by atoms with van der Waals surface area (Å²) in [6, 6.07) is 6.86. The Morgan fingerprint density at radius 3 is 2.76 bits per heavy atom.